The number of aromatic nitrogens is 2. The third-order valence-electron chi connectivity index (χ3n) is 4.04. The second kappa shape index (κ2) is 8.72. The molecular formula is C20H21N5O3. The first kappa shape index (κ1) is 19.0. The number of carbonyl (C=O) groups excluding carboxylic acids is 1. The number of nitrogens with zero attached hydrogens (tertiary/aromatic N) is 2. The van der Waals surface area contributed by atoms with Crippen LogP contribution in [0.3, 0.4) is 0 Å². The van der Waals surface area contributed by atoms with Gasteiger partial charge in [-0.1, -0.05) is 19.1 Å². The lowest BCUT2D eigenvalue weighted by molar-refractivity contribution is 0.0962. The Bertz CT molecular complexity index is 943. The van der Waals surface area contributed by atoms with Crippen molar-refractivity contribution in [3.05, 3.63) is 66.0 Å². The number of nitrogen functional groups attached to an aromatic ring is 1. The highest BCUT2D eigenvalue weighted by molar-refractivity contribution is 5.95. The van der Waals surface area contributed by atoms with Crippen LogP contribution in [0.15, 0.2) is 54.9 Å². The maximum absolute atomic E-state index is 12.2. The number of carbonyl (C=O) groups is 1. The highest BCUT2D eigenvalue weighted by Crippen LogP contribution is 2.29. The second-order valence-corrected chi connectivity index (χ2v) is 5.85. The molecule has 0 saturated carbocycles. The lowest BCUT2D eigenvalue weighted by Crippen LogP contribution is -2.30. The van der Waals surface area contributed by atoms with Crippen LogP contribution in [-0.4, -0.2) is 23.0 Å². The van der Waals surface area contributed by atoms with Crippen LogP contribution in [0.4, 0.5) is 11.5 Å². The molecule has 28 heavy (non-hydrogen) atoms. The number of benzene rings is 2. The Morgan fingerprint density at radius 2 is 1.71 bits per heavy atom. The van der Waals surface area contributed by atoms with Crippen molar-refractivity contribution in [2.75, 3.05) is 18.3 Å². The number of ether oxygens (including phenoxy) is 2. The van der Waals surface area contributed by atoms with E-state index in [0.717, 1.165) is 6.42 Å². The Hall–Kier alpha value is -3.81. The van der Waals surface area contributed by atoms with E-state index >= 15 is 0 Å². The van der Waals surface area contributed by atoms with Crippen LogP contribution < -0.4 is 26.1 Å². The molecule has 0 aliphatic rings. The molecule has 4 N–H and O–H groups in total. The standard InChI is InChI=1S/C20H21N5O3/c1-3-13-4-8-16(9-5-13)28-20-17(21)18(22-12-23-20)24-25-19(26)14-6-10-15(27-2)11-7-14/h4-12H,3,21H2,1-2H3,(H,25,26)(H,22,23,24). The van der Waals surface area contributed by atoms with Crippen LogP contribution in [0.25, 0.3) is 0 Å². The molecule has 3 aromatic rings. The van der Waals surface area contributed by atoms with Crippen molar-refractivity contribution < 1.29 is 14.3 Å². The van der Waals surface area contributed by atoms with Crippen molar-refractivity contribution in [3.63, 3.8) is 0 Å². The molecule has 0 unspecified atom stereocenters. The molecule has 1 heterocycles. The van der Waals surface area contributed by atoms with E-state index in [1.54, 1.807) is 31.4 Å². The second-order valence-electron chi connectivity index (χ2n) is 5.85. The van der Waals surface area contributed by atoms with Gasteiger partial charge in [-0.05, 0) is 48.4 Å². The molecule has 8 nitrogen and oxygen atoms in total. The average molecular weight is 379 g/mol. The monoisotopic (exact) mass is 379 g/mol. The smallest absolute Gasteiger partial charge is 0.269 e. The number of nitrogens with one attached hydrogen (secondary N) is 2. The fourth-order valence-electron chi connectivity index (χ4n) is 2.40. The number of nitrogens with two attached hydrogens (primary N) is 1. The maximum atomic E-state index is 12.2. The van der Waals surface area contributed by atoms with Crippen molar-refractivity contribution in [1.29, 1.82) is 0 Å². The van der Waals surface area contributed by atoms with Crippen LogP contribution in [0, 0.1) is 0 Å². The van der Waals surface area contributed by atoms with Gasteiger partial charge in [0.2, 0.25) is 5.88 Å². The topological polar surface area (TPSA) is 111 Å². The summed E-state index contributed by atoms with van der Waals surface area (Å²) in [6.07, 6.45) is 2.24. The number of amides is 1. The first-order chi connectivity index (χ1) is 13.6. The summed E-state index contributed by atoms with van der Waals surface area (Å²) in [5, 5.41) is 0. The molecule has 8 heteroatoms. The number of hydrazine groups is 1. The van der Waals surface area contributed by atoms with E-state index in [4.69, 9.17) is 15.2 Å². The van der Waals surface area contributed by atoms with Gasteiger partial charge in [-0.3, -0.25) is 15.6 Å². The van der Waals surface area contributed by atoms with Gasteiger partial charge >= 0.3 is 0 Å². The molecule has 0 fully saturated rings. The fourth-order valence-corrected chi connectivity index (χ4v) is 2.40. The minimum absolute atomic E-state index is 0.178. The molecule has 0 atom stereocenters. The summed E-state index contributed by atoms with van der Waals surface area (Å²) in [5.41, 5.74) is 13.1. The van der Waals surface area contributed by atoms with E-state index in [1.165, 1.54) is 11.9 Å². The predicted octanol–water partition coefficient (Wildman–Crippen LogP) is 3.18. The predicted molar refractivity (Wildman–Crippen MR) is 106 cm³/mol. The van der Waals surface area contributed by atoms with Crippen molar-refractivity contribution in [3.8, 4) is 17.4 Å². The lowest BCUT2D eigenvalue weighted by Gasteiger charge is -2.12. The molecule has 3 rings (SSSR count). The maximum Gasteiger partial charge on any atom is 0.269 e. The fraction of sp³-hybridized carbons (Fsp3) is 0.150. The molecule has 0 saturated heterocycles. The van der Waals surface area contributed by atoms with Gasteiger partial charge in [-0.2, -0.15) is 4.98 Å². The SMILES string of the molecule is CCc1ccc(Oc2ncnc(NNC(=O)c3ccc(OC)cc3)c2N)cc1. The van der Waals surface area contributed by atoms with Gasteiger partial charge in [0.25, 0.3) is 5.91 Å². The first-order valence-corrected chi connectivity index (χ1v) is 8.68. The van der Waals surface area contributed by atoms with Gasteiger partial charge in [-0.15, -0.1) is 0 Å². The van der Waals surface area contributed by atoms with Gasteiger partial charge in [0.15, 0.2) is 5.82 Å². The van der Waals surface area contributed by atoms with Crippen LogP contribution in [0.1, 0.15) is 22.8 Å². The van der Waals surface area contributed by atoms with Crippen LogP contribution in [0.2, 0.25) is 0 Å². The number of methoxy groups -OCH3 is 1. The van der Waals surface area contributed by atoms with Gasteiger partial charge in [0.05, 0.1) is 7.11 Å². The molecular weight excluding hydrogens is 358 g/mol. The van der Waals surface area contributed by atoms with Gasteiger partial charge in [0.1, 0.15) is 23.5 Å². The Labute approximate surface area is 162 Å². The minimum atomic E-state index is -0.349. The molecule has 2 aromatic carbocycles. The number of aryl methyl sites for hydroxylation is 1. The lowest BCUT2D eigenvalue weighted by atomic mass is 10.2. The number of rotatable bonds is 7. The van der Waals surface area contributed by atoms with Crippen LogP contribution in [-0.2, 0) is 6.42 Å². The largest absolute Gasteiger partial charge is 0.497 e. The molecule has 0 aliphatic carbocycles. The zero-order valence-corrected chi connectivity index (χ0v) is 15.6. The first-order valence-electron chi connectivity index (χ1n) is 8.68. The summed E-state index contributed by atoms with van der Waals surface area (Å²) in [5.74, 6) is 1.35. The third kappa shape index (κ3) is 4.47. The summed E-state index contributed by atoms with van der Waals surface area (Å²) < 4.78 is 10.8. The van der Waals surface area contributed by atoms with Crippen LogP contribution >= 0.6 is 0 Å². The Balaban J connectivity index is 1.67. The average Bonchev–Trinajstić information content (AvgIpc) is 2.74. The van der Waals surface area contributed by atoms with Crippen molar-refractivity contribution in [1.82, 2.24) is 15.4 Å². The van der Waals surface area contributed by atoms with E-state index in [9.17, 15) is 4.79 Å². The summed E-state index contributed by atoms with van der Waals surface area (Å²) in [6, 6.07) is 14.3. The molecule has 0 aliphatic heterocycles. The highest BCUT2D eigenvalue weighted by Gasteiger charge is 2.12. The van der Waals surface area contributed by atoms with Gasteiger partial charge < -0.3 is 15.2 Å². The molecule has 1 amide bonds. The zero-order valence-electron chi connectivity index (χ0n) is 15.6. The summed E-state index contributed by atoms with van der Waals surface area (Å²) in [7, 11) is 1.56. The summed E-state index contributed by atoms with van der Waals surface area (Å²) >= 11 is 0. The quantitative estimate of drug-likeness (QED) is 0.541. The number of hydrogen-bond donors (Lipinski definition) is 3. The minimum Gasteiger partial charge on any atom is -0.497 e. The Kier molecular flexibility index (Phi) is 5.91. The summed E-state index contributed by atoms with van der Waals surface area (Å²) in [4.78, 5) is 20.3. The van der Waals surface area contributed by atoms with Crippen molar-refractivity contribution in [2.24, 2.45) is 0 Å². The van der Waals surface area contributed by atoms with Crippen molar-refractivity contribution >= 4 is 17.4 Å². The Morgan fingerprint density at radius 1 is 1.04 bits per heavy atom. The van der Waals surface area contributed by atoms with E-state index in [0.29, 0.717) is 17.1 Å². The highest BCUT2D eigenvalue weighted by atomic mass is 16.5. The molecule has 1 aromatic heterocycles. The van der Waals surface area contributed by atoms with Crippen molar-refractivity contribution in [2.45, 2.75) is 13.3 Å². The van der Waals surface area contributed by atoms with E-state index in [-0.39, 0.29) is 23.3 Å². The van der Waals surface area contributed by atoms with E-state index < -0.39 is 0 Å². The summed E-state index contributed by atoms with van der Waals surface area (Å²) in [6.45, 7) is 2.08. The number of anilines is 2. The molecule has 0 spiro atoms. The van der Waals surface area contributed by atoms with E-state index in [1.807, 2.05) is 24.3 Å². The van der Waals surface area contributed by atoms with Gasteiger partial charge in [-0.25, -0.2) is 4.98 Å². The zero-order chi connectivity index (χ0) is 19.9. The van der Waals surface area contributed by atoms with E-state index in [2.05, 4.69) is 27.7 Å². The van der Waals surface area contributed by atoms with Crippen LogP contribution in [0.5, 0.6) is 17.4 Å². The number of hydrogen-bond acceptors (Lipinski definition) is 7. The Morgan fingerprint density at radius 3 is 2.36 bits per heavy atom. The van der Waals surface area contributed by atoms with Gasteiger partial charge in [0, 0.05) is 5.56 Å². The third-order valence-corrected chi connectivity index (χ3v) is 4.04. The normalized spacial score (nSPS) is 10.2. The molecule has 144 valence electrons. The molecule has 0 bridgehead atoms. The molecule has 0 radical (unpaired) electrons.